The van der Waals surface area contributed by atoms with Crippen LogP contribution in [0.5, 0.6) is 0 Å². The van der Waals surface area contributed by atoms with Crippen LogP contribution < -0.4 is 0 Å². The molecule has 1 fully saturated rings. The maximum absolute atomic E-state index is 14.4. The fourth-order valence-corrected chi connectivity index (χ4v) is 8.70. The lowest BCUT2D eigenvalue weighted by atomic mass is 9.85. The average molecular weight is 995 g/mol. The van der Waals surface area contributed by atoms with Crippen molar-refractivity contribution >= 4 is 24.1 Å². The third kappa shape index (κ3) is 21.9. The Bertz CT molecular complexity index is 1910. The van der Waals surface area contributed by atoms with Gasteiger partial charge in [0.1, 0.15) is 39.1 Å². The van der Waals surface area contributed by atoms with Gasteiger partial charge in [-0.2, -0.15) is 8.78 Å². The van der Waals surface area contributed by atoms with Crippen LogP contribution in [-0.4, -0.2) is 116 Å². The lowest BCUT2D eigenvalue weighted by Crippen LogP contribution is -2.38. The number of hydrogen-bond acceptors (Lipinski definition) is 13. The number of carbonyl (C=O) groups is 4. The molecule has 392 valence electrons. The van der Waals surface area contributed by atoms with Gasteiger partial charge in [0.25, 0.3) is 5.92 Å². The van der Waals surface area contributed by atoms with Crippen LogP contribution >= 0.6 is 0 Å². The zero-order valence-corrected chi connectivity index (χ0v) is 41.2. The molecular formula is C53H74F4O13. The number of hydrogen-bond donors (Lipinski definition) is 2. The van der Waals surface area contributed by atoms with Crippen molar-refractivity contribution in [2.45, 2.75) is 185 Å². The summed E-state index contributed by atoms with van der Waals surface area (Å²) in [7, 11) is 0. The summed E-state index contributed by atoms with van der Waals surface area (Å²) in [5, 5.41) is 22.0. The first-order valence-corrected chi connectivity index (χ1v) is 24.8. The van der Waals surface area contributed by atoms with Gasteiger partial charge < -0.3 is 43.4 Å². The van der Waals surface area contributed by atoms with Gasteiger partial charge in [-0.15, -0.1) is 0 Å². The summed E-state index contributed by atoms with van der Waals surface area (Å²) in [6.07, 6.45) is 5.02. The maximum Gasteiger partial charge on any atom is 0.508 e. The topological polar surface area (TPSA) is 173 Å². The molecule has 8 atom stereocenters. The average Bonchev–Trinajstić information content (AvgIpc) is 3.58. The van der Waals surface area contributed by atoms with E-state index in [1.54, 1.807) is 20.8 Å². The van der Waals surface area contributed by atoms with E-state index in [2.05, 4.69) is 5.92 Å². The number of halogens is 4. The van der Waals surface area contributed by atoms with E-state index in [1.165, 1.54) is 13.0 Å². The van der Waals surface area contributed by atoms with Crippen molar-refractivity contribution < 1.29 is 80.1 Å². The minimum atomic E-state index is -3.16. The summed E-state index contributed by atoms with van der Waals surface area (Å²) in [6.45, 7) is 4.09. The molecule has 0 aromatic heterocycles. The van der Waals surface area contributed by atoms with E-state index in [9.17, 15) is 47.0 Å². The highest BCUT2D eigenvalue weighted by Crippen LogP contribution is 2.39. The summed E-state index contributed by atoms with van der Waals surface area (Å²) in [4.78, 5) is 51.3. The van der Waals surface area contributed by atoms with Crippen molar-refractivity contribution in [3.8, 4) is 11.8 Å². The Labute approximate surface area is 410 Å². The molecule has 0 spiro atoms. The highest BCUT2D eigenvalue weighted by molar-refractivity contribution is 5.71. The van der Waals surface area contributed by atoms with E-state index in [4.69, 9.17) is 33.2 Å². The maximum atomic E-state index is 14.4. The number of unbranched alkanes of at least 4 members (excludes halogenated alkanes) is 1. The van der Waals surface area contributed by atoms with E-state index >= 15 is 0 Å². The van der Waals surface area contributed by atoms with Gasteiger partial charge in [0.2, 0.25) is 0 Å². The van der Waals surface area contributed by atoms with Crippen LogP contribution in [0, 0.1) is 29.1 Å². The number of esters is 3. The molecule has 0 heterocycles. The molecule has 1 aromatic rings. The summed E-state index contributed by atoms with van der Waals surface area (Å²) in [5.74, 6) is -4.24. The highest BCUT2D eigenvalue weighted by Gasteiger charge is 2.41. The van der Waals surface area contributed by atoms with Gasteiger partial charge >= 0.3 is 30.0 Å². The third-order valence-electron chi connectivity index (χ3n) is 12.9. The van der Waals surface area contributed by atoms with Gasteiger partial charge in [0, 0.05) is 25.7 Å². The van der Waals surface area contributed by atoms with Crippen molar-refractivity contribution in [1.29, 1.82) is 0 Å². The summed E-state index contributed by atoms with van der Waals surface area (Å²) in [6, 6.07) is 9.59. The first kappa shape index (κ1) is 58.1. The van der Waals surface area contributed by atoms with Crippen LogP contribution in [0.2, 0.25) is 0 Å². The molecule has 0 saturated heterocycles. The molecule has 1 saturated carbocycles. The Morgan fingerprint density at radius 3 is 2.14 bits per heavy atom. The quantitative estimate of drug-likeness (QED) is 0.0225. The summed E-state index contributed by atoms with van der Waals surface area (Å²) < 4.78 is 95.6. The van der Waals surface area contributed by atoms with E-state index in [1.807, 2.05) is 48.4 Å². The predicted octanol–water partition coefficient (Wildman–Crippen LogP) is 9.58. The van der Waals surface area contributed by atoms with Gasteiger partial charge in [-0.05, 0) is 140 Å². The molecule has 17 heteroatoms. The molecule has 70 heavy (non-hydrogen) atoms. The molecular weight excluding hydrogens is 921 g/mol. The zero-order chi connectivity index (χ0) is 51.2. The van der Waals surface area contributed by atoms with E-state index in [0.717, 1.165) is 5.56 Å². The van der Waals surface area contributed by atoms with Gasteiger partial charge in [-0.3, -0.25) is 4.79 Å². The molecule has 2 N–H and O–H groups in total. The van der Waals surface area contributed by atoms with Crippen LogP contribution in [-0.2, 0) is 54.0 Å². The molecule has 3 aliphatic rings. The third-order valence-corrected chi connectivity index (χ3v) is 12.9. The summed E-state index contributed by atoms with van der Waals surface area (Å²) >= 11 is 0. The number of aliphatic hydroxyl groups is 2. The molecule has 0 aliphatic heterocycles. The molecule has 1 aromatic carbocycles. The first-order valence-electron chi connectivity index (χ1n) is 24.8. The van der Waals surface area contributed by atoms with Gasteiger partial charge in [-0.1, -0.05) is 54.5 Å². The number of allylic oxidation sites excluding steroid dienone is 4. The van der Waals surface area contributed by atoms with Crippen LogP contribution in [0.3, 0.4) is 0 Å². The van der Waals surface area contributed by atoms with E-state index in [0.29, 0.717) is 70.6 Å². The lowest BCUT2D eigenvalue weighted by molar-refractivity contribution is -0.163. The summed E-state index contributed by atoms with van der Waals surface area (Å²) in [5.41, 5.74) is -0.347. The monoisotopic (exact) mass is 995 g/mol. The number of rotatable bonds is 26. The normalized spacial score (nSPS) is 25.3. The number of aryl methyl sites for hydroxylation is 1. The Morgan fingerprint density at radius 2 is 1.46 bits per heavy atom. The van der Waals surface area contributed by atoms with Crippen molar-refractivity contribution in [2.24, 2.45) is 17.3 Å². The Kier molecular flexibility index (Phi) is 24.2. The molecule has 0 radical (unpaired) electrons. The minimum absolute atomic E-state index is 0.000212. The molecule has 3 unspecified atom stereocenters. The number of benzene rings is 1. The van der Waals surface area contributed by atoms with Gasteiger partial charge in [0.15, 0.2) is 0 Å². The lowest BCUT2D eigenvalue weighted by Gasteiger charge is -2.29. The minimum Gasteiger partial charge on any atom is -0.463 e. The number of ether oxygens (including phenoxy) is 7. The second-order valence-electron chi connectivity index (χ2n) is 19.5. The number of carbonyl (C=O) groups excluding carboxylic acids is 4. The second-order valence-corrected chi connectivity index (χ2v) is 19.5. The van der Waals surface area contributed by atoms with Crippen LogP contribution in [0.15, 0.2) is 54.1 Å². The molecule has 13 nitrogen and oxygen atoms in total. The van der Waals surface area contributed by atoms with E-state index < -0.39 is 112 Å². The highest BCUT2D eigenvalue weighted by atomic mass is 19.3. The van der Waals surface area contributed by atoms with Crippen LogP contribution in [0.1, 0.15) is 136 Å². The Hall–Kier alpha value is -4.50. The van der Waals surface area contributed by atoms with Crippen molar-refractivity contribution in [1.82, 2.24) is 0 Å². The van der Waals surface area contributed by atoms with E-state index in [-0.39, 0.29) is 55.2 Å². The van der Waals surface area contributed by atoms with Crippen LogP contribution in [0.4, 0.5) is 22.4 Å². The first-order chi connectivity index (χ1) is 33.2. The molecule has 3 aliphatic carbocycles. The number of aliphatic hydroxyl groups excluding tert-OH is 2. The van der Waals surface area contributed by atoms with Crippen LogP contribution in [0.25, 0.3) is 0 Å². The zero-order valence-electron chi connectivity index (χ0n) is 41.2. The Balaban J connectivity index is 1.37. The van der Waals surface area contributed by atoms with Gasteiger partial charge in [-0.25, -0.2) is 23.2 Å². The Morgan fingerprint density at radius 1 is 0.814 bits per heavy atom. The molecule has 4 rings (SSSR count). The molecule has 0 amide bonds. The molecule has 0 bridgehead atoms. The van der Waals surface area contributed by atoms with Crippen molar-refractivity contribution in [2.75, 3.05) is 33.0 Å². The van der Waals surface area contributed by atoms with Crippen molar-refractivity contribution in [3.63, 3.8) is 0 Å². The fourth-order valence-electron chi connectivity index (χ4n) is 8.70. The van der Waals surface area contributed by atoms with Crippen molar-refractivity contribution in [3.05, 3.63) is 59.7 Å². The SMILES string of the molecule is C/C1=C\CCC(OCC(=O)OCC(C)(COC(=O)COC2CCC#CC(F)(F)CC2)COC(=O)O[C@@H](CCc2ccccc2)CC[C@@H]2[C@@H](C/C=C\CCCC(=O)OC(C)C)[C@@H](O)C[C@H]2O)CCC1(F)F. The number of alkyl halides is 4. The predicted molar refractivity (Wildman–Crippen MR) is 251 cm³/mol. The fraction of sp³-hybridized carbons (Fsp3) is 0.698. The van der Waals surface area contributed by atoms with Gasteiger partial charge in [0.05, 0.1) is 35.9 Å². The standard InChI is InChI=1S/C53H74F4O13/c1-37(2)69-47(60)21-11-6-5-10-20-43-44(46(59)31-45(43)58)25-24-42(23-22-39-16-8-7-9-17-39)70-50(63)68-36-51(4,34-66-48(61)32-64-40-18-12-13-28-52(54,55)29-26-40)35-67-49(62)33-65-41-19-14-15-38(3)53(56,57)30-27-41/h5,7-10,15-17,37,40-46,58-59H,6,11-12,14,18-27,29-36H2,1-4H3/b10-5-,38-15+/t40?,41?,42-,43+,44+,45-,46+,51?/m0/s1. The second kappa shape index (κ2) is 29.1. The largest absolute Gasteiger partial charge is 0.508 e. The smallest absolute Gasteiger partial charge is 0.463 e.